The highest BCUT2D eigenvalue weighted by molar-refractivity contribution is 5.87. The Hall–Kier alpha value is -1.29. The summed E-state index contributed by atoms with van der Waals surface area (Å²) in [6.07, 6.45) is 6.17. The average molecular weight is 237 g/mol. The summed E-state index contributed by atoms with van der Waals surface area (Å²) in [4.78, 5) is 13.5. The maximum absolute atomic E-state index is 11.5. The van der Waals surface area contributed by atoms with Crippen molar-refractivity contribution in [1.82, 2.24) is 4.90 Å². The van der Waals surface area contributed by atoms with Crippen molar-refractivity contribution >= 4 is 5.97 Å². The number of rotatable bonds is 3. The number of carbonyl (C=O) groups excluding carboxylic acids is 1. The van der Waals surface area contributed by atoms with Crippen molar-refractivity contribution in [2.45, 2.75) is 45.4 Å². The molecular weight excluding hydrogens is 218 g/mol. The van der Waals surface area contributed by atoms with E-state index in [1.54, 1.807) is 13.0 Å². The van der Waals surface area contributed by atoms with Gasteiger partial charge >= 0.3 is 5.97 Å². The molecule has 2 atom stereocenters. The van der Waals surface area contributed by atoms with E-state index in [2.05, 4.69) is 6.08 Å². The first-order valence-electron chi connectivity index (χ1n) is 6.09. The minimum atomic E-state index is -0.407. The van der Waals surface area contributed by atoms with E-state index in [9.17, 15) is 9.90 Å². The van der Waals surface area contributed by atoms with Crippen molar-refractivity contribution < 1.29 is 14.6 Å². The van der Waals surface area contributed by atoms with Crippen LogP contribution in [0.1, 0.15) is 33.1 Å². The molecule has 0 bridgehead atoms. The molecule has 2 heterocycles. The first-order valence-corrected chi connectivity index (χ1v) is 6.09. The van der Waals surface area contributed by atoms with Gasteiger partial charge in [-0.15, -0.1) is 0 Å². The minimum absolute atomic E-state index is 0.261. The van der Waals surface area contributed by atoms with Crippen LogP contribution in [0.2, 0.25) is 0 Å². The van der Waals surface area contributed by atoms with E-state index in [1.807, 2.05) is 11.8 Å². The van der Waals surface area contributed by atoms with Gasteiger partial charge in [0.2, 0.25) is 0 Å². The first kappa shape index (κ1) is 12.2. The van der Waals surface area contributed by atoms with Gasteiger partial charge in [-0.3, -0.25) is 0 Å². The Morgan fingerprint density at radius 1 is 1.65 bits per heavy atom. The topological polar surface area (TPSA) is 49.8 Å². The number of carbonyl (C=O) groups is 1. The summed E-state index contributed by atoms with van der Waals surface area (Å²) in [6.45, 7) is 3.81. The number of hydrogen-bond donors (Lipinski definition) is 1. The van der Waals surface area contributed by atoms with Crippen LogP contribution in [0.5, 0.6) is 0 Å². The molecule has 0 saturated carbocycles. The zero-order valence-electron chi connectivity index (χ0n) is 10.3. The molecule has 0 aliphatic carbocycles. The molecule has 0 spiro atoms. The number of hydrogen-bond acceptors (Lipinski definition) is 4. The molecule has 0 aromatic rings. The lowest BCUT2D eigenvalue weighted by Crippen LogP contribution is -2.33. The average Bonchev–Trinajstić information content (AvgIpc) is 2.89. The normalized spacial score (nSPS) is 28.1. The van der Waals surface area contributed by atoms with Crippen molar-refractivity contribution in [3.05, 3.63) is 23.4 Å². The summed E-state index contributed by atoms with van der Waals surface area (Å²) in [7, 11) is 0. The maximum atomic E-state index is 11.5. The Kier molecular flexibility index (Phi) is 3.52. The summed E-state index contributed by atoms with van der Waals surface area (Å²) >= 11 is 0. The number of aliphatic hydroxyl groups is 1. The third-order valence-corrected chi connectivity index (χ3v) is 3.54. The molecule has 2 aliphatic heterocycles. The Morgan fingerprint density at radius 2 is 2.41 bits per heavy atom. The zero-order chi connectivity index (χ0) is 12.4. The fourth-order valence-corrected chi connectivity index (χ4v) is 2.40. The second kappa shape index (κ2) is 4.92. The summed E-state index contributed by atoms with van der Waals surface area (Å²) in [5.74, 6) is -0.287. The van der Waals surface area contributed by atoms with Crippen molar-refractivity contribution in [3.8, 4) is 0 Å². The van der Waals surface area contributed by atoms with Crippen molar-refractivity contribution in [3.63, 3.8) is 0 Å². The second-order valence-electron chi connectivity index (χ2n) is 4.60. The Balaban J connectivity index is 1.90. The smallest absolute Gasteiger partial charge is 0.333 e. The molecule has 0 radical (unpaired) electrons. The molecule has 2 aliphatic rings. The Morgan fingerprint density at radius 3 is 3.12 bits per heavy atom. The van der Waals surface area contributed by atoms with Crippen molar-refractivity contribution in [1.29, 1.82) is 0 Å². The van der Waals surface area contributed by atoms with E-state index in [4.69, 9.17) is 4.74 Å². The molecule has 94 valence electrons. The molecule has 0 amide bonds. The highest BCUT2D eigenvalue weighted by Crippen LogP contribution is 2.34. The van der Waals surface area contributed by atoms with Crippen LogP contribution in [0, 0.1) is 0 Å². The number of aliphatic hydroxyl groups excluding tert-OH is 1. The van der Waals surface area contributed by atoms with E-state index in [0.29, 0.717) is 11.6 Å². The van der Waals surface area contributed by atoms with Crippen molar-refractivity contribution in [2.75, 3.05) is 6.61 Å². The Bertz CT molecular complexity index is 373. The van der Waals surface area contributed by atoms with E-state index in [1.165, 1.54) is 0 Å². The molecule has 1 saturated heterocycles. The molecule has 2 unspecified atom stereocenters. The van der Waals surface area contributed by atoms with E-state index >= 15 is 0 Å². The fourth-order valence-electron chi connectivity index (χ4n) is 2.40. The van der Waals surface area contributed by atoms with Gasteiger partial charge in [-0.2, -0.15) is 0 Å². The molecule has 17 heavy (non-hydrogen) atoms. The number of esters is 1. The predicted molar refractivity (Wildman–Crippen MR) is 64.0 cm³/mol. The number of fused-ring (bicyclic) bond motifs is 1. The van der Waals surface area contributed by atoms with E-state index < -0.39 is 6.23 Å². The predicted octanol–water partition coefficient (Wildman–Crippen LogP) is 1.57. The summed E-state index contributed by atoms with van der Waals surface area (Å²) in [6, 6.07) is 0.404. The molecule has 4 nitrogen and oxygen atoms in total. The molecule has 0 aromatic carbocycles. The minimum Gasteiger partial charge on any atom is -0.456 e. The van der Waals surface area contributed by atoms with Crippen LogP contribution >= 0.6 is 0 Å². The molecule has 0 aromatic heterocycles. The van der Waals surface area contributed by atoms with Gasteiger partial charge in [0.1, 0.15) is 12.8 Å². The third kappa shape index (κ3) is 2.36. The maximum Gasteiger partial charge on any atom is 0.333 e. The van der Waals surface area contributed by atoms with Crippen LogP contribution in [0.15, 0.2) is 23.4 Å². The molecule has 1 N–H and O–H groups in total. The standard InChI is InChI=1S/C13H19NO3/c1-3-9(2)13(16)17-8-11-5-4-10-6-7-12(15)14(10)11/h3,5,10,12,15H,4,6-8H2,1-2H3. The summed E-state index contributed by atoms with van der Waals surface area (Å²) < 4.78 is 5.21. The van der Waals surface area contributed by atoms with Gasteiger partial charge in [0, 0.05) is 17.3 Å². The summed E-state index contributed by atoms with van der Waals surface area (Å²) in [5, 5.41) is 9.82. The van der Waals surface area contributed by atoms with Gasteiger partial charge in [-0.25, -0.2) is 4.79 Å². The van der Waals surface area contributed by atoms with Crippen LogP contribution in [0.3, 0.4) is 0 Å². The van der Waals surface area contributed by atoms with Gasteiger partial charge < -0.3 is 14.7 Å². The zero-order valence-corrected chi connectivity index (χ0v) is 10.3. The number of allylic oxidation sites excluding steroid dienone is 1. The van der Waals surface area contributed by atoms with Gasteiger partial charge in [0.15, 0.2) is 0 Å². The van der Waals surface area contributed by atoms with E-state index in [-0.39, 0.29) is 12.6 Å². The van der Waals surface area contributed by atoms with Gasteiger partial charge in [0.05, 0.1) is 0 Å². The van der Waals surface area contributed by atoms with Gasteiger partial charge in [0.25, 0.3) is 0 Å². The first-order chi connectivity index (χ1) is 8.13. The summed E-state index contributed by atoms with van der Waals surface area (Å²) in [5.41, 5.74) is 1.55. The van der Waals surface area contributed by atoms with Gasteiger partial charge in [-0.1, -0.05) is 12.2 Å². The Labute approximate surface area is 102 Å². The highest BCUT2D eigenvalue weighted by Gasteiger charge is 2.36. The number of ether oxygens (including phenoxy) is 1. The quantitative estimate of drug-likeness (QED) is 0.598. The number of nitrogens with zero attached hydrogens (tertiary/aromatic N) is 1. The monoisotopic (exact) mass is 237 g/mol. The van der Waals surface area contributed by atoms with Gasteiger partial charge in [-0.05, 0) is 33.1 Å². The van der Waals surface area contributed by atoms with E-state index in [0.717, 1.165) is 25.0 Å². The fraction of sp³-hybridized carbons (Fsp3) is 0.615. The lowest BCUT2D eigenvalue weighted by Gasteiger charge is -2.26. The molecule has 1 fully saturated rings. The van der Waals surface area contributed by atoms with Crippen LogP contribution < -0.4 is 0 Å². The second-order valence-corrected chi connectivity index (χ2v) is 4.60. The van der Waals surface area contributed by atoms with Crippen LogP contribution in [-0.2, 0) is 9.53 Å². The lowest BCUT2D eigenvalue weighted by molar-refractivity contribution is -0.138. The molecule has 4 heteroatoms. The van der Waals surface area contributed by atoms with Crippen molar-refractivity contribution in [2.24, 2.45) is 0 Å². The van der Waals surface area contributed by atoms with Crippen LogP contribution in [0.4, 0.5) is 0 Å². The highest BCUT2D eigenvalue weighted by atomic mass is 16.5. The van der Waals surface area contributed by atoms with Crippen LogP contribution in [-0.4, -0.2) is 34.9 Å². The molecule has 2 rings (SSSR count). The molecular formula is C13H19NO3. The third-order valence-electron chi connectivity index (χ3n) is 3.54. The van der Waals surface area contributed by atoms with Crippen LogP contribution in [0.25, 0.3) is 0 Å². The SMILES string of the molecule is CC=C(C)C(=O)OCC1=CCC2CCC(O)N12. The largest absolute Gasteiger partial charge is 0.456 e. The lowest BCUT2D eigenvalue weighted by atomic mass is 10.2.